The van der Waals surface area contributed by atoms with Gasteiger partial charge in [0.2, 0.25) is 6.08 Å². The van der Waals surface area contributed by atoms with E-state index in [1.54, 1.807) is 6.92 Å². The van der Waals surface area contributed by atoms with E-state index < -0.39 is 0 Å². The summed E-state index contributed by atoms with van der Waals surface area (Å²) < 4.78 is 4.86. The molecule has 0 radical (unpaired) electrons. The second-order valence-electron chi connectivity index (χ2n) is 3.12. The molecule has 1 atom stereocenters. The Balaban J connectivity index is 3.47. The van der Waals surface area contributed by atoms with E-state index in [2.05, 4.69) is 4.99 Å². The number of carbonyl (C=O) groups is 1. The van der Waals surface area contributed by atoms with E-state index in [4.69, 9.17) is 4.74 Å². The molecule has 1 unspecified atom stereocenters. The summed E-state index contributed by atoms with van der Waals surface area (Å²) in [7, 11) is 0. The molecule has 0 saturated heterocycles. The third kappa shape index (κ3) is 6.38. The summed E-state index contributed by atoms with van der Waals surface area (Å²) in [6.07, 6.45) is 3.97. The van der Waals surface area contributed by atoms with Crippen LogP contribution in [-0.4, -0.2) is 25.2 Å². The summed E-state index contributed by atoms with van der Waals surface area (Å²) in [4.78, 5) is 24.3. The molecule has 0 aromatic carbocycles. The van der Waals surface area contributed by atoms with Gasteiger partial charge in [-0.1, -0.05) is 13.3 Å². The number of hydrogen-bond donors (Lipinski definition) is 0. The van der Waals surface area contributed by atoms with E-state index >= 15 is 0 Å². The molecule has 0 saturated carbocycles. The molecular weight excluding hydrogens is 182 g/mol. The highest BCUT2D eigenvalue weighted by atomic mass is 16.5. The van der Waals surface area contributed by atoms with Crippen LogP contribution in [0.25, 0.3) is 0 Å². The molecule has 4 nitrogen and oxygen atoms in total. The Bertz CT molecular complexity index is 209. The highest BCUT2D eigenvalue weighted by molar-refractivity contribution is 5.71. The van der Waals surface area contributed by atoms with Crippen LogP contribution in [0.5, 0.6) is 0 Å². The number of hydrogen-bond acceptors (Lipinski definition) is 4. The number of esters is 1. The third-order valence-corrected chi connectivity index (χ3v) is 1.91. The Hall–Kier alpha value is -1.15. The Labute approximate surface area is 84.4 Å². The van der Waals surface area contributed by atoms with Crippen LogP contribution in [0.2, 0.25) is 0 Å². The van der Waals surface area contributed by atoms with Gasteiger partial charge in [-0.2, -0.15) is 0 Å². The second-order valence-corrected chi connectivity index (χ2v) is 3.12. The lowest BCUT2D eigenvalue weighted by atomic mass is 10.0. The van der Waals surface area contributed by atoms with Gasteiger partial charge in [0, 0.05) is 0 Å². The number of unbranched alkanes of at least 4 members (excludes halogenated alkanes) is 1. The molecule has 0 amide bonds. The van der Waals surface area contributed by atoms with Crippen LogP contribution in [0, 0.1) is 5.92 Å². The Morgan fingerprint density at radius 3 is 2.79 bits per heavy atom. The molecule has 0 spiro atoms. The number of rotatable bonds is 7. The van der Waals surface area contributed by atoms with Crippen LogP contribution in [0.3, 0.4) is 0 Å². The van der Waals surface area contributed by atoms with Crippen molar-refractivity contribution in [1.29, 1.82) is 0 Å². The van der Waals surface area contributed by atoms with Gasteiger partial charge in [-0.25, -0.2) is 9.79 Å². The first-order chi connectivity index (χ1) is 6.72. The fraction of sp³-hybridized carbons (Fsp3) is 0.800. The maximum absolute atomic E-state index is 11.2. The molecule has 0 fully saturated rings. The lowest BCUT2D eigenvalue weighted by Crippen LogP contribution is -2.14. The van der Waals surface area contributed by atoms with Crippen molar-refractivity contribution in [2.24, 2.45) is 10.9 Å². The van der Waals surface area contributed by atoms with Crippen molar-refractivity contribution in [2.75, 3.05) is 13.2 Å². The number of ether oxygens (including phenoxy) is 1. The molecule has 0 aliphatic carbocycles. The van der Waals surface area contributed by atoms with Crippen molar-refractivity contribution in [2.45, 2.75) is 33.1 Å². The van der Waals surface area contributed by atoms with Crippen molar-refractivity contribution >= 4 is 12.0 Å². The predicted molar refractivity (Wildman–Crippen MR) is 52.6 cm³/mol. The van der Waals surface area contributed by atoms with Crippen LogP contribution in [-0.2, 0) is 14.3 Å². The summed E-state index contributed by atoms with van der Waals surface area (Å²) >= 11 is 0. The summed E-state index contributed by atoms with van der Waals surface area (Å²) in [5, 5.41) is 0. The van der Waals surface area contributed by atoms with Crippen molar-refractivity contribution in [3.8, 4) is 0 Å². The molecule has 4 heteroatoms. The van der Waals surface area contributed by atoms with Crippen LogP contribution in [0.1, 0.15) is 33.1 Å². The number of nitrogens with zero attached hydrogens (tertiary/aromatic N) is 1. The van der Waals surface area contributed by atoms with Crippen molar-refractivity contribution in [3.63, 3.8) is 0 Å². The first-order valence-corrected chi connectivity index (χ1v) is 4.92. The number of aliphatic imine (C=N–C) groups is 1. The quantitative estimate of drug-likeness (QED) is 0.271. The van der Waals surface area contributed by atoms with Gasteiger partial charge in [-0.05, 0) is 19.8 Å². The minimum absolute atomic E-state index is 0.0600. The van der Waals surface area contributed by atoms with Crippen molar-refractivity contribution in [3.05, 3.63) is 0 Å². The fourth-order valence-corrected chi connectivity index (χ4v) is 1.09. The number of carbonyl (C=O) groups excluding carboxylic acids is 2. The van der Waals surface area contributed by atoms with Crippen molar-refractivity contribution < 1.29 is 14.3 Å². The lowest BCUT2D eigenvalue weighted by Gasteiger charge is -2.08. The molecule has 0 rings (SSSR count). The number of isocyanates is 1. The largest absolute Gasteiger partial charge is 0.466 e. The standard InChI is InChI=1S/C10H17NO3/c1-3-14-10(13)9(2)6-4-5-7-11-8-12/h9H,3-7H2,1-2H3. The Morgan fingerprint density at radius 2 is 2.21 bits per heavy atom. The van der Waals surface area contributed by atoms with Crippen LogP contribution >= 0.6 is 0 Å². The average molecular weight is 199 g/mol. The molecule has 0 N–H and O–H groups in total. The van der Waals surface area contributed by atoms with Gasteiger partial charge in [-0.15, -0.1) is 0 Å². The zero-order valence-electron chi connectivity index (χ0n) is 8.78. The summed E-state index contributed by atoms with van der Waals surface area (Å²) in [6, 6.07) is 0. The van der Waals surface area contributed by atoms with Crippen LogP contribution < -0.4 is 0 Å². The first kappa shape index (κ1) is 12.8. The van der Waals surface area contributed by atoms with Gasteiger partial charge in [0.15, 0.2) is 0 Å². The molecule has 80 valence electrons. The highest BCUT2D eigenvalue weighted by Gasteiger charge is 2.12. The Kier molecular flexibility index (Phi) is 7.75. The normalized spacial score (nSPS) is 11.6. The van der Waals surface area contributed by atoms with E-state index in [9.17, 15) is 9.59 Å². The van der Waals surface area contributed by atoms with Gasteiger partial charge in [-0.3, -0.25) is 4.79 Å². The minimum atomic E-state index is -0.147. The highest BCUT2D eigenvalue weighted by Crippen LogP contribution is 2.09. The van der Waals surface area contributed by atoms with Crippen LogP contribution in [0.15, 0.2) is 4.99 Å². The summed E-state index contributed by atoms with van der Waals surface area (Å²) in [5.41, 5.74) is 0. The maximum Gasteiger partial charge on any atom is 0.308 e. The monoisotopic (exact) mass is 199 g/mol. The lowest BCUT2D eigenvalue weighted by molar-refractivity contribution is -0.147. The average Bonchev–Trinajstić information content (AvgIpc) is 2.17. The molecule has 0 aromatic rings. The SMILES string of the molecule is CCOC(=O)C(C)CCCCN=C=O. The fourth-order valence-electron chi connectivity index (χ4n) is 1.09. The molecule has 0 aliphatic heterocycles. The predicted octanol–water partition coefficient (Wildman–Crippen LogP) is 1.69. The molecular formula is C10H17NO3. The molecule has 14 heavy (non-hydrogen) atoms. The second kappa shape index (κ2) is 8.45. The molecule has 0 aliphatic rings. The van der Waals surface area contributed by atoms with E-state index in [0.29, 0.717) is 13.2 Å². The van der Waals surface area contributed by atoms with Crippen molar-refractivity contribution in [1.82, 2.24) is 0 Å². The van der Waals surface area contributed by atoms with Crippen LogP contribution in [0.4, 0.5) is 0 Å². The zero-order valence-corrected chi connectivity index (χ0v) is 8.78. The van der Waals surface area contributed by atoms with Gasteiger partial charge in [0.05, 0.1) is 19.1 Å². The van der Waals surface area contributed by atoms with Gasteiger partial charge in [0.25, 0.3) is 0 Å². The third-order valence-electron chi connectivity index (χ3n) is 1.91. The molecule has 0 heterocycles. The van der Waals surface area contributed by atoms with Gasteiger partial charge >= 0.3 is 5.97 Å². The smallest absolute Gasteiger partial charge is 0.308 e. The first-order valence-electron chi connectivity index (χ1n) is 4.92. The molecule has 0 bridgehead atoms. The van der Waals surface area contributed by atoms with E-state index in [1.165, 1.54) is 6.08 Å². The topological polar surface area (TPSA) is 55.7 Å². The van der Waals surface area contributed by atoms with E-state index in [0.717, 1.165) is 19.3 Å². The van der Waals surface area contributed by atoms with E-state index in [-0.39, 0.29) is 11.9 Å². The van der Waals surface area contributed by atoms with Gasteiger partial charge in [0.1, 0.15) is 0 Å². The van der Waals surface area contributed by atoms with Gasteiger partial charge < -0.3 is 4.74 Å². The maximum atomic E-state index is 11.2. The Morgan fingerprint density at radius 1 is 1.50 bits per heavy atom. The summed E-state index contributed by atoms with van der Waals surface area (Å²) in [5.74, 6) is -0.207. The summed E-state index contributed by atoms with van der Waals surface area (Å²) in [6.45, 7) is 4.57. The minimum Gasteiger partial charge on any atom is -0.466 e. The molecule has 0 aromatic heterocycles. The van der Waals surface area contributed by atoms with E-state index in [1.807, 2.05) is 6.92 Å². The zero-order chi connectivity index (χ0) is 10.8.